The largest absolute Gasteiger partial charge is 0.485 e. The van der Waals surface area contributed by atoms with Crippen molar-refractivity contribution in [3.05, 3.63) is 36.3 Å². The van der Waals surface area contributed by atoms with Crippen molar-refractivity contribution in [2.75, 3.05) is 7.11 Å². The van der Waals surface area contributed by atoms with Gasteiger partial charge < -0.3 is 14.8 Å². The molecule has 0 saturated heterocycles. The Balaban J connectivity index is 1.67. The molecule has 0 radical (unpaired) electrons. The van der Waals surface area contributed by atoms with Crippen LogP contribution in [0.3, 0.4) is 0 Å². The Kier molecular flexibility index (Phi) is 4.45. The van der Waals surface area contributed by atoms with Crippen LogP contribution in [-0.4, -0.2) is 39.9 Å². The molecule has 0 aromatic carbocycles. The summed E-state index contributed by atoms with van der Waals surface area (Å²) in [6.45, 7) is 0. The number of aryl methyl sites for hydroxylation is 1. The van der Waals surface area contributed by atoms with Gasteiger partial charge in [0.15, 0.2) is 5.75 Å². The monoisotopic (exact) mass is 316 g/mol. The van der Waals surface area contributed by atoms with Gasteiger partial charge >= 0.3 is 0 Å². The number of hydrogen-bond donors (Lipinski definition) is 1. The maximum atomic E-state index is 12.5. The van der Waals surface area contributed by atoms with E-state index in [4.69, 9.17) is 9.47 Å². The van der Waals surface area contributed by atoms with Crippen molar-refractivity contribution in [2.24, 2.45) is 7.05 Å². The summed E-state index contributed by atoms with van der Waals surface area (Å²) in [6, 6.07) is 3.38. The number of methoxy groups -OCH3 is 1. The number of ether oxygens (including phenoxy) is 2. The average molecular weight is 316 g/mol. The summed E-state index contributed by atoms with van der Waals surface area (Å²) in [7, 11) is 3.35. The first-order chi connectivity index (χ1) is 11.2. The zero-order valence-corrected chi connectivity index (χ0v) is 13.2. The van der Waals surface area contributed by atoms with Crippen molar-refractivity contribution in [1.82, 2.24) is 20.1 Å². The number of rotatable bonds is 5. The molecule has 0 bridgehead atoms. The summed E-state index contributed by atoms with van der Waals surface area (Å²) in [5.74, 6) is 0.854. The van der Waals surface area contributed by atoms with Crippen molar-refractivity contribution < 1.29 is 14.3 Å². The number of aromatic nitrogens is 3. The molecule has 7 heteroatoms. The van der Waals surface area contributed by atoms with E-state index in [0.717, 1.165) is 25.0 Å². The lowest BCUT2D eigenvalue weighted by molar-refractivity contribution is 0.0890. The number of carbonyl (C=O) groups is 1. The zero-order valence-electron chi connectivity index (χ0n) is 13.2. The molecular formula is C16H20N4O3. The minimum absolute atomic E-state index is 0.0346. The fourth-order valence-corrected chi connectivity index (χ4v) is 2.84. The van der Waals surface area contributed by atoms with Crippen LogP contribution in [0.15, 0.2) is 30.7 Å². The van der Waals surface area contributed by atoms with Gasteiger partial charge in [-0.25, -0.2) is 4.98 Å². The third kappa shape index (κ3) is 3.44. The van der Waals surface area contributed by atoms with Crippen LogP contribution >= 0.6 is 0 Å². The van der Waals surface area contributed by atoms with E-state index in [1.54, 1.807) is 29.2 Å². The lowest BCUT2D eigenvalue weighted by atomic mass is 10.2. The molecule has 2 aromatic heterocycles. The van der Waals surface area contributed by atoms with Gasteiger partial charge in [-0.15, -0.1) is 0 Å². The molecule has 0 unspecified atom stereocenters. The molecule has 1 aliphatic rings. The minimum Gasteiger partial charge on any atom is -0.485 e. The van der Waals surface area contributed by atoms with Crippen LogP contribution in [0.4, 0.5) is 0 Å². The Bertz CT molecular complexity index is 685. The van der Waals surface area contributed by atoms with Gasteiger partial charge in [0.25, 0.3) is 5.91 Å². The molecular weight excluding hydrogens is 296 g/mol. The van der Waals surface area contributed by atoms with Gasteiger partial charge in [0.05, 0.1) is 25.5 Å². The molecule has 0 aliphatic heterocycles. The van der Waals surface area contributed by atoms with Crippen molar-refractivity contribution >= 4 is 5.91 Å². The van der Waals surface area contributed by atoms with Gasteiger partial charge in [0.2, 0.25) is 5.88 Å². The molecule has 122 valence electrons. The highest BCUT2D eigenvalue weighted by atomic mass is 16.5. The van der Waals surface area contributed by atoms with E-state index in [-0.39, 0.29) is 18.1 Å². The van der Waals surface area contributed by atoms with E-state index in [0.29, 0.717) is 11.4 Å². The second kappa shape index (κ2) is 6.68. The predicted octanol–water partition coefficient (Wildman–Crippen LogP) is 1.55. The Labute approximate surface area is 134 Å². The fraction of sp³-hybridized carbons (Fsp3) is 0.438. The highest BCUT2D eigenvalue weighted by molar-refractivity contribution is 5.96. The normalized spacial score (nSPS) is 20.3. The maximum absolute atomic E-state index is 12.5. The molecule has 1 N–H and O–H groups in total. The van der Waals surface area contributed by atoms with E-state index >= 15 is 0 Å². The minimum atomic E-state index is -0.193. The first kappa shape index (κ1) is 15.3. The number of pyridine rings is 1. The molecule has 1 saturated carbocycles. The van der Waals surface area contributed by atoms with Gasteiger partial charge in [0, 0.05) is 13.2 Å². The second-order valence-electron chi connectivity index (χ2n) is 5.58. The van der Waals surface area contributed by atoms with E-state index in [2.05, 4.69) is 15.4 Å². The number of nitrogens with zero attached hydrogens (tertiary/aromatic N) is 3. The van der Waals surface area contributed by atoms with Gasteiger partial charge in [-0.2, -0.15) is 5.10 Å². The Morgan fingerprint density at radius 3 is 3.04 bits per heavy atom. The fourth-order valence-electron chi connectivity index (χ4n) is 2.84. The van der Waals surface area contributed by atoms with Crippen LogP contribution in [0.25, 0.3) is 0 Å². The van der Waals surface area contributed by atoms with E-state index in [1.807, 2.05) is 13.2 Å². The molecule has 1 fully saturated rings. The number of carbonyl (C=O) groups excluding carboxylic acids is 1. The predicted molar refractivity (Wildman–Crippen MR) is 83.5 cm³/mol. The van der Waals surface area contributed by atoms with Crippen LogP contribution in [0.5, 0.6) is 11.6 Å². The highest BCUT2D eigenvalue weighted by Crippen LogP contribution is 2.25. The van der Waals surface area contributed by atoms with Crippen LogP contribution in [-0.2, 0) is 7.05 Å². The van der Waals surface area contributed by atoms with Gasteiger partial charge in [0.1, 0.15) is 11.7 Å². The third-order valence-corrected chi connectivity index (χ3v) is 3.95. The molecule has 7 nitrogen and oxygen atoms in total. The molecule has 1 amide bonds. The van der Waals surface area contributed by atoms with Crippen molar-refractivity contribution in [2.45, 2.75) is 31.4 Å². The Morgan fingerprint density at radius 2 is 2.30 bits per heavy atom. The first-order valence-corrected chi connectivity index (χ1v) is 7.62. The summed E-state index contributed by atoms with van der Waals surface area (Å²) >= 11 is 0. The van der Waals surface area contributed by atoms with Crippen LogP contribution in [0.1, 0.15) is 29.6 Å². The van der Waals surface area contributed by atoms with Crippen LogP contribution < -0.4 is 14.8 Å². The van der Waals surface area contributed by atoms with E-state index in [1.165, 1.54) is 7.11 Å². The summed E-state index contributed by atoms with van der Waals surface area (Å²) in [5, 5.41) is 7.13. The standard InChI is InChI=1S/C16H20N4O3/c1-20-10-11(9-18-20)23-14-7-3-6-13(14)19-15(21)12-5-4-8-17-16(12)22-2/h4-5,8-10,13-14H,3,6-7H2,1-2H3,(H,19,21)/t13-,14+/m0/s1. The third-order valence-electron chi connectivity index (χ3n) is 3.95. The highest BCUT2D eigenvalue weighted by Gasteiger charge is 2.31. The molecule has 2 atom stereocenters. The van der Waals surface area contributed by atoms with Gasteiger partial charge in [-0.3, -0.25) is 9.48 Å². The second-order valence-corrected chi connectivity index (χ2v) is 5.58. The van der Waals surface area contributed by atoms with Crippen molar-refractivity contribution in [3.63, 3.8) is 0 Å². The zero-order chi connectivity index (χ0) is 16.2. The SMILES string of the molecule is COc1ncccc1C(=O)N[C@H]1CCC[C@H]1Oc1cnn(C)c1. The summed E-state index contributed by atoms with van der Waals surface area (Å²) in [5.41, 5.74) is 0.432. The molecule has 23 heavy (non-hydrogen) atoms. The number of nitrogens with one attached hydrogen (secondary N) is 1. The molecule has 2 aromatic rings. The first-order valence-electron chi connectivity index (χ1n) is 7.62. The molecule has 2 heterocycles. The molecule has 1 aliphatic carbocycles. The van der Waals surface area contributed by atoms with Crippen LogP contribution in [0, 0.1) is 0 Å². The van der Waals surface area contributed by atoms with Gasteiger partial charge in [-0.05, 0) is 31.4 Å². The topological polar surface area (TPSA) is 78.3 Å². The number of hydrogen-bond acceptors (Lipinski definition) is 5. The van der Waals surface area contributed by atoms with Crippen molar-refractivity contribution in [3.8, 4) is 11.6 Å². The lowest BCUT2D eigenvalue weighted by Gasteiger charge is -2.21. The smallest absolute Gasteiger partial charge is 0.257 e. The molecule has 3 rings (SSSR count). The molecule has 0 spiro atoms. The lowest BCUT2D eigenvalue weighted by Crippen LogP contribution is -2.42. The Morgan fingerprint density at radius 1 is 1.43 bits per heavy atom. The van der Waals surface area contributed by atoms with E-state index in [9.17, 15) is 4.79 Å². The summed E-state index contributed by atoms with van der Waals surface area (Å²) in [6.07, 6.45) is 7.86. The van der Waals surface area contributed by atoms with Gasteiger partial charge in [-0.1, -0.05) is 0 Å². The van der Waals surface area contributed by atoms with Crippen molar-refractivity contribution in [1.29, 1.82) is 0 Å². The maximum Gasteiger partial charge on any atom is 0.257 e. The quantitative estimate of drug-likeness (QED) is 0.905. The summed E-state index contributed by atoms with van der Waals surface area (Å²) in [4.78, 5) is 16.5. The number of amides is 1. The average Bonchev–Trinajstić information content (AvgIpc) is 3.17. The summed E-state index contributed by atoms with van der Waals surface area (Å²) < 4.78 is 12.8. The Hall–Kier alpha value is -2.57. The van der Waals surface area contributed by atoms with Crippen LogP contribution in [0.2, 0.25) is 0 Å². The van der Waals surface area contributed by atoms with E-state index < -0.39 is 0 Å².